The highest BCUT2D eigenvalue weighted by molar-refractivity contribution is 8.04. The molecule has 23 heavy (non-hydrogen) atoms. The van der Waals surface area contributed by atoms with Gasteiger partial charge >= 0.3 is 5.97 Å². The number of rotatable bonds is 5. The molecule has 3 rings (SSSR count). The van der Waals surface area contributed by atoms with Gasteiger partial charge in [0.1, 0.15) is 23.7 Å². The molecule has 0 saturated heterocycles. The summed E-state index contributed by atoms with van der Waals surface area (Å²) in [4.78, 5) is 21.5. The fourth-order valence-corrected chi connectivity index (χ4v) is 2.93. The van der Waals surface area contributed by atoms with Gasteiger partial charge in [0, 0.05) is 24.6 Å². The van der Waals surface area contributed by atoms with Gasteiger partial charge in [-0.25, -0.2) is 14.8 Å². The summed E-state index contributed by atoms with van der Waals surface area (Å²) < 4.78 is 5.68. The third kappa shape index (κ3) is 4.01. The van der Waals surface area contributed by atoms with Crippen molar-refractivity contribution in [3.63, 3.8) is 0 Å². The summed E-state index contributed by atoms with van der Waals surface area (Å²) >= 11 is 1.33. The van der Waals surface area contributed by atoms with Crippen molar-refractivity contribution in [2.75, 3.05) is 17.2 Å². The van der Waals surface area contributed by atoms with Crippen LogP contribution in [0.3, 0.4) is 0 Å². The van der Waals surface area contributed by atoms with Crippen LogP contribution < -0.4 is 9.64 Å². The van der Waals surface area contributed by atoms with Gasteiger partial charge in [-0.1, -0.05) is 30.3 Å². The van der Waals surface area contributed by atoms with Crippen LogP contribution in [-0.4, -0.2) is 33.3 Å². The van der Waals surface area contributed by atoms with Crippen LogP contribution in [0.15, 0.2) is 53.8 Å². The van der Waals surface area contributed by atoms with Gasteiger partial charge in [-0.2, -0.15) is 0 Å². The van der Waals surface area contributed by atoms with Crippen molar-refractivity contribution in [2.45, 2.75) is 6.61 Å². The van der Waals surface area contributed by atoms with Crippen molar-refractivity contribution in [1.82, 2.24) is 9.97 Å². The summed E-state index contributed by atoms with van der Waals surface area (Å²) in [7, 11) is 0. The predicted molar refractivity (Wildman–Crippen MR) is 88.3 cm³/mol. The fourth-order valence-electron chi connectivity index (χ4n) is 2.09. The maximum absolute atomic E-state index is 11.1. The minimum absolute atomic E-state index is 0.307. The van der Waals surface area contributed by atoms with Gasteiger partial charge in [-0.15, -0.1) is 11.8 Å². The van der Waals surface area contributed by atoms with Gasteiger partial charge in [0.15, 0.2) is 0 Å². The number of nitrogens with zero attached hydrogens (tertiary/aromatic N) is 3. The fraction of sp³-hybridized carbons (Fsp3) is 0.188. The van der Waals surface area contributed by atoms with Crippen molar-refractivity contribution in [2.24, 2.45) is 0 Å². The lowest BCUT2D eigenvalue weighted by molar-refractivity contribution is -0.131. The second-order valence-corrected chi connectivity index (χ2v) is 5.97. The molecule has 2 heterocycles. The summed E-state index contributed by atoms with van der Waals surface area (Å²) in [5.74, 6) is 0.862. The highest BCUT2D eigenvalue weighted by atomic mass is 32.2. The highest BCUT2D eigenvalue weighted by Gasteiger charge is 2.18. The van der Waals surface area contributed by atoms with Crippen molar-refractivity contribution < 1.29 is 14.6 Å². The zero-order chi connectivity index (χ0) is 16.1. The molecule has 2 aromatic rings. The van der Waals surface area contributed by atoms with E-state index in [0.717, 1.165) is 5.56 Å². The number of carboxylic acids is 1. The molecule has 0 saturated carbocycles. The Balaban J connectivity index is 1.72. The van der Waals surface area contributed by atoms with Crippen molar-refractivity contribution in [1.29, 1.82) is 0 Å². The lowest BCUT2D eigenvalue weighted by Gasteiger charge is -2.24. The number of aliphatic carboxylic acids is 1. The van der Waals surface area contributed by atoms with Crippen LogP contribution in [0.5, 0.6) is 5.88 Å². The lowest BCUT2D eigenvalue weighted by Crippen LogP contribution is -2.25. The van der Waals surface area contributed by atoms with Crippen LogP contribution >= 0.6 is 11.8 Å². The summed E-state index contributed by atoms with van der Waals surface area (Å²) in [6, 6.07) is 11.5. The molecule has 1 aliphatic rings. The molecule has 0 amide bonds. The Bertz CT molecular complexity index is 722. The van der Waals surface area contributed by atoms with E-state index in [1.807, 2.05) is 30.3 Å². The smallest absolute Gasteiger partial charge is 0.343 e. The molecule has 0 fully saturated rings. The zero-order valence-corrected chi connectivity index (χ0v) is 13.1. The molecule has 1 N–H and O–H groups in total. The summed E-state index contributed by atoms with van der Waals surface area (Å²) in [6.07, 6.45) is 3.02. The quantitative estimate of drug-likeness (QED) is 0.903. The van der Waals surface area contributed by atoms with Crippen molar-refractivity contribution in [3.8, 4) is 5.88 Å². The average Bonchev–Trinajstić information content (AvgIpc) is 2.61. The Morgan fingerprint density at radius 3 is 2.91 bits per heavy atom. The molecule has 0 atom stereocenters. The van der Waals surface area contributed by atoms with E-state index in [1.165, 1.54) is 18.1 Å². The second-order valence-electron chi connectivity index (χ2n) is 4.83. The predicted octanol–water partition coefficient (Wildman–Crippen LogP) is 2.53. The monoisotopic (exact) mass is 329 g/mol. The van der Waals surface area contributed by atoms with Crippen LogP contribution in [0.2, 0.25) is 0 Å². The number of carbonyl (C=O) groups is 1. The standard InChI is InChI=1S/C16H15N3O3S/c20-16(21)13-9-19(6-7-23-13)14-8-15(18-11-17-14)22-10-12-4-2-1-3-5-12/h1-5,8-9,11H,6-7,10H2,(H,20,21). The molecule has 1 aliphatic heterocycles. The number of hydrogen-bond donors (Lipinski definition) is 1. The number of ether oxygens (including phenoxy) is 1. The molecule has 1 aromatic carbocycles. The maximum atomic E-state index is 11.1. The zero-order valence-electron chi connectivity index (χ0n) is 12.3. The van der Waals surface area contributed by atoms with E-state index >= 15 is 0 Å². The van der Waals surface area contributed by atoms with Crippen molar-refractivity contribution >= 4 is 23.5 Å². The van der Waals surface area contributed by atoms with Crippen LogP contribution in [-0.2, 0) is 11.4 Å². The molecule has 0 bridgehead atoms. The van der Waals surface area contributed by atoms with E-state index in [9.17, 15) is 4.79 Å². The molecule has 0 radical (unpaired) electrons. The van der Waals surface area contributed by atoms with E-state index < -0.39 is 5.97 Å². The van der Waals surface area contributed by atoms with Crippen molar-refractivity contribution in [3.05, 3.63) is 59.4 Å². The Kier molecular flexibility index (Phi) is 4.77. The molecule has 6 nitrogen and oxygen atoms in total. The first-order valence-corrected chi connectivity index (χ1v) is 8.04. The van der Waals surface area contributed by atoms with Gasteiger partial charge < -0.3 is 14.7 Å². The number of aromatic nitrogens is 2. The van der Waals surface area contributed by atoms with E-state index in [2.05, 4.69) is 9.97 Å². The van der Waals surface area contributed by atoms with Gasteiger partial charge in [0.2, 0.25) is 5.88 Å². The van der Waals surface area contributed by atoms with E-state index in [0.29, 0.717) is 35.5 Å². The molecule has 0 spiro atoms. The second kappa shape index (κ2) is 7.15. The number of carboxylic acid groups (broad SMARTS) is 1. The van der Waals surface area contributed by atoms with E-state index in [-0.39, 0.29) is 0 Å². The Morgan fingerprint density at radius 1 is 1.30 bits per heavy atom. The molecule has 7 heteroatoms. The summed E-state index contributed by atoms with van der Waals surface area (Å²) in [5, 5.41) is 9.09. The minimum Gasteiger partial charge on any atom is -0.477 e. The van der Waals surface area contributed by atoms with Gasteiger partial charge in [-0.3, -0.25) is 0 Å². The molecular formula is C16H15N3O3S. The number of anilines is 1. The molecule has 118 valence electrons. The normalized spacial score (nSPS) is 14.3. The van der Waals surface area contributed by atoms with Gasteiger partial charge in [0.05, 0.1) is 0 Å². The van der Waals surface area contributed by atoms with Crippen LogP contribution in [0.1, 0.15) is 5.56 Å². The van der Waals surface area contributed by atoms with Crippen LogP contribution in [0.4, 0.5) is 5.82 Å². The largest absolute Gasteiger partial charge is 0.477 e. The summed E-state index contributed by atoms with van der Waals surface area (Å²) in [6.45, 7) is 1.11. The van der Waals surface area contributed by atoms with Gasteiger partial charge in [-0.05, 0) is 5.56 Å². The summed E-state index contributed by atoms with van der Waals surface area (Å²) in [5.41, 5.74) is 1.05. The SMILES string of the molecule is O=C(O)C1=CN(c2cc(OCc3ccccc3)ncn2)CCS1. The Labute approximate surface area is 137 Å². The Morgan fingerprint density at radius 2 is 2.13 bits per heavy atom. The first-order valence-electron chi connectivity index (χ1n) is 7.06. The molecule has 1 aromatic heterocycles. The van der Waals surface area contributed by atoms with Gasteiger partial charge in [0.25, 0.3) is 0 Å². The van der Waals surface area contributed by atoms with Crippen LogP contribution in [0, 0.1) is 0 Å². The molecule has 0 unspecified atom stereocenters. The topological polar surface area (TPSA) is 75.5 Å². The average molecular weight is 329 g/mol. The first-order chi connectivity index (χ1) is 11.2. The van der Waals surface area contributed by atoms with Crippen LogP contribution in [0.25, 0.3) is 0 Å². The number of hydrogen-bond acceptors (Lipinski definition) is 6. The van der Waals surface area contributed by atoms with E-state index in [1.54, 1.807) is 17.2 Å². The molecular weight excluding hydrogens is 314 g/mol. The number of thioether (sulfide) groups is 1. The van der Waals surface area contributed by atoms with E-state index in [4.69, 9.17) is 9.84 Å². The minimum atomic E-state index is -0.922. The Hall–Kier alpha value is -2.54. The third-order valence-corrected chi connectivity index (χ3v) is 4.20. The number of benzene rings is 1. The maximum Gasteiger partial charge on any atom is 0.343 e. The highest BCUT2D eigenvalue weighted by Crippen LogP contribution is 2.26. The lowest BCUT2D eigenvalue weighted by atomic mass is 10.2. The third-order valence-electron chi connectivity index (χ3n) is 3.22. The molecule has 0 aliphatic carbocycles. The first kappa shape index (κ1) is 15.4.